The summed E-state index contributed by atoms with van der Waals surface area (Å²) in [5.41, 5.74) is 0. The molecular weight excluding hydrogens is 1000 g/mol. The molecule has 9 nitrogen and oxygen atoms in total. The van der Waals surface area contributed by atoms with Gasteiger partial charge in [-0.25, -0.2) is 4.57 Å². The van der Waals surface area contributed by atoms with Gasteiger partial charge in [0.15, 0.2) is 0 Å². The summed E-state index contributed by atoms with van der Waals surface area (Å²) in [4.78, 5) is 37.8. The number of phosphoric ester groups is 1. The summed E-state index contributed by atoms with van der Waals surface area (Å²) < 4.78 is 30.7. The Morgan fingerprint density at radius 1 is 0.430 bits per heavy atom. The molecule has 0 aromatic heterocycles. The zero-order valence-electron chi connectivity index (χ0n) is 53.4. The van der Waals surface area contributed by atoms with Gasteiger partial charge in [0.05, 0.1) is 33.8 Å². The van der Waals surface area contributed by atoms with Gasteiger partial charge < -0.3 is 19.4 Å². The molecule has 0 bridgehead atoms. The molecule has 0 saturated carbocycles. The summed E-state index contributed by atoms with van der Waals surface area (Å²) in [5.74, 6) is -0.508. The highest BCUT2D eigenvalue weighted by molar-refractivity contribution is 7.47. The van der Waals surface area contributed by atoms with Gasteiger partial charge in [-0.05, 0) is 83.1 Å². The van der Waals surface area contributed by atoms with Crippen molar-refractivity contribution in [2.45, 2.75) is 354 Å². The van der Waals surface area contributed by atoms with Crippen LogP contribution in [0.15, 0.2) is 36.5 Å². The largest absolute Gasteiger partial charge is 0.472 e. The Kier molecular flexibility index (Phi) is 58.1. The number of phosphoric acid groups is 1. The van der Waals surface area contributed by atoms with Crippen LogP contribution in [0.1, 0.15) is 342 Å². The van der Waals surface area contributed by atoms with Crippen LogP contribution >= 0.6 is 7.82 Å². The molecule has 466 valence electrons. The van der Waals surface area contributed by atoms with Gasteiger partial charge in [0.2, 0.25) is 5.91 Å². The molecule has 0 aromatic carbocycles. The molecule has 0 aliphatic carbocycles. The molecule has 3 unspecified atom stereocenters. The predicted molar refractivity (Wildman–Crippen MR) is 342 cm³/mol. The van der Waals surface area contributed by atoms with Gasteiger partial charge in [0.1, 0.15) is 19.3 Å². The number of unbranched alkanes of at least 4 members (excludes halogenated alkanes) is 43. The lowest BCUT2D eigenvalue weighted by molar-refractivity contribution is -0.870. The third kappa shape index (κ3) is 60.6. The number of allylic oxidation sites excluding steroid dienone is 5. The minimum Gasteiger partial charge on any atom is -0.456 e. The fraction of sp³-hybridized carbons (Fsp3) is 0.884. The van der Waals surface area contributed by atoms with Crippen LogP contribution in [0.5, 0.6) is 0 Å². The molecular formula is C69H134N2O7P+. The van der Waals surface area contributed by atoms with Crippen LogP contribution in [-0.4, -0.2) is 74.3 Å². The summed E-state index contributed by atoms with van der Waals surface area (Å²) in [6.45, 7) is 7.03. The first kappa shape index (κ1) is 77.2. The highest BCUT2D eigenvalue weighted by Gasteiger charge is 2.30. The molecule has 0 spiro atoms. The second-order valence-electron chi connectivity index (χ2n) is 24.7. The Morgan fingerprint density at radius 3 is 1.09 bits per heavy atom. The Hall–Kier alpha value is -1.77. The van der Waals surface area contributed by atoms with E-state index in [1.165, 1.54) is 238 Å². The van der Waals surface area contributed by atoms with E-state index in [0.29, 0.717) is 23.9 Å². The summed E-state index contributed by atoms with van der Waals surface area (Å²) in [7, 11) is 1.50. The molecule has 3 atom stereocenters. The average Bonchev–Trinajstić information content (AvgIpc) is 3.41. The molecule has 0 rings (SSSR count). The number of hydrogen-bond donors (Lipinski definition) is 2. The third-order valence-corrected chi connectivity index (χ3v) is 16.5. The number of nitrogens with one attached hydrogen (secondary N) is 1. The van der Waals surface area contributed by atoms with E-state index in [1.807, 2.05) is 33.3 Å². The van der Waals surface area contributed by atoms with Gasteiger partial charge >= 0.3 is 13.8 Å². The molecule has 0 aromatic rings. The van der Waals surface area contributed by atoms with E-state index in [9.17, 15) is 19.0 Å². The SMILES string of the molecule is CCCCCCCC/C=C\CCCCCC(=O)NC(COP(=O)(O)OCC[N+](C)(C)C)C(/C=C\CCCCCCCCCCCCC)OC(=O)CCCCCCCCCCCCCCCCCCC/C=C/CCCCCCCC. The molecule has 0 fully saturated rings. The molecule has 0 aliphatic heterocycles. The second-order valence-corrected chi connectivity index (χ2v) is 26.1. The normalized spacial score (nSPS) is 13.8. The Labute approximate surface area is 491 Å². The van der Waals surface area contributed by atoms with Crippen LogP contribution in [0, 0.1) is 0 Å². The van der Waals surface area contributed by atoms with Crippen molar-refractivity contribution in [2.24, 2.45) is 0 Å². The van der Waals surface area contributed by atoms with Crippen molar-refractivity contribution in [3.05, 3.63) is 36.5 Å². The van der Waals surface area contributed by atoms with Crippen LogP contribution in [0.2, 0.25) is 0 Å². The highest BCUT2D eigenvalue weighted by Crippen LogP contribution is 2.43. The quantitative estimate of drug-likeness (QED) is 0.0205. The van der Waals surface area contributed by atoms with E-state index in [4.69, 9.17) is 13.8 Å². The van der Waals surface area contributed by atoms with Gasteiger partial charge in [0, 0.05) is 12.8 Å². The van der Waals surface area contributed by atoms with E-state index in [-0.39, 0.29) is 25.1 Å². The molecule has 0 radical (unpaired) electrons. The fourth-order valence-corrected chi connectivity index (χ4v) is 11.0. The number of quaternary nitrogens is 1. The maximum atomic E-state index is 13.5. The number of hydrogen-bond acceptors (Lipinski definition) is 6. The molecule has 79 heavy (non-hydrogen) atoms. The number of carbonyl (C=O) groups excluding carboxylic acids is 2. The van der Waals surface area contributed by atoms with Crippen LogP contribution < -0.4 is 5.32 Å². The average molecular weight is 1130 g/mol. The minimum absolute atomic E-state index is 0.0400. The first-order valence-corrected chi connectivity index (χ1v) is 35.8. The number of ether oxygens (including phenoxy) is 1. The van der Waals surface area contributed by atoms with Crippen LogP contribution in [-0.2, 0) is 27.9 Å². The maximum Gasteiger partial charge on any atom is 0.472 e. The topological polar surface area (TPSA) is 111 Å². The van der Waals surface area contributed by atoms with Crippen molar-refractivity contribution in [2.75, 3.05) is 40.9 Å². The molecule has 2 N–H and O–H groups in total. The molecule has 0 aliphatic rings. The van der Waals surface area contributed by atoms with Crippen molar-refractivity contribution in [3.8, 4) is 0 Å². The van der Waals surface area contributed by atoms with E-state index in [0.717, 1.165) is 70.6 Å². The standard InChI is InChI=1S/C69H133N2O7P/c1-7-10-13-16-19-22-25-28-29-30-31-32-33-34-35-36-37-38-39-40-41-44-47-50-53-56-59-62-69(73)78-67(60-57-54-51-48-45-42-26-23-20-17-14-11-8-2)66(65-77-79(74,75)76-64-63-71(4,5)6)70-68(72)61-58-55-52-49-46-43-27-24-21-18-15-12-9-3/h28-29,43,46,57,60,66-67H,7-27,30-42,44-45,47-56,58-59,61-65H2,1-6H3,(H-,70,72,74,75)/p+1/b29-28+,46-43-,60-57-. The molecule has 1 amide bonds. The molecule has 0 heterocycles. The van der Waals surface area contributed by atoms with Gasteiger partial charge in [-0.1, -0.05) is 282 Å². The van der Waals surface area contributed by atoms with Crippen LogP contribution in [0.3, 0.4) is 0 Å². The first-order valence-electron chi connectivity index (χ1n) is 34.3. The number of carbonyl (C=O) groups is 2. The van der Waals surface area contributed by atoms with Gasteiger partial charge in [-0.15, -0.1) is 0 Å². The van der Waals surface area contributed by atoms with Crippen molar-refractivity contribution in [1.82, 2.24) is 5.32 Å². The lowest BCUT2D eigenvalue weighted by atomic mass is 10.0. The Morgan fingerprint density at radius 2 is 0.734 bits per heavy atom. The zero-order chi connectivity index (χ0) is 57.9. The van der Waals surface area contributed by atoms with Crippen molar-refractivity contribution in [3.63, 3.8) is 0 Å². The summed E-state index contributed by atoms with van der Waals surface area (Å²) in [6, 6.07) is -0.852. The Bertz CT molecular complexity index is 1450. The van der Waals surface area contributed by atoms with Crippen LogP contribution in [0.4, 0.5) is 0 Å². The van der Waals surface area contributed by atoms with E-state index in [2.05, 4.69) is 50.4 Å². The first-order chi connectivity index (χ1) is 38.4. The summed E-state index contributed by atoms with van der Waals surface area (Å²) in [5, 5.41) is 3.05. The molecule has 0 saturated heterocycles. The van der Waals surface area contributed by atoms with Crippen LogP contribution in [0.25, 0.3) is 0 Å². The zero-order valence-corrected chi connectivity index (χ0v) is 54.3. The van der Waals surface area contributed by atoms with Crippen molar-refractivity contribution < 1.29 is 37.3 Å². The fourth-order valence-electron chi connectivity index (χ4n) is 10.2. The van der Waals surface area contributed by atoms with Gasteiger partial charge in [-0.3, -0.25) is 18.6 Å². The summed E-state index contributed by atoms with van der Waals surface area (Å²) in [6.07, 6.45) is 73.1. The van der Waals surface area contributed by atoms with Gasteiger partial charge in [-0.2, -0.15) is 0 Å². The third-order valence-electron chi connectivity index (χ3n) is 15.6. The van der Waals surface area contributed by atoms with E-state index < -0.39 is 20.0 Å². The summed E-state index contributed by atoms with van der Waals surface area (Å²) >= 11 is 0. The lowest BCUT2D eigenvalue weighted by Gasteiger charge is -2.27. The van der Waals surface area contributed by atoms with Crippen molar-refractivity contribution >= 4 is 19.7 Å². The number of esters is 1. The second kappa shape index (κ2) is 59.4. The number of amides is 1. The maximum absolute atomic E-state index is 13.5. The Balaban J connectivity index is 5.00. The smallest absolute Gasteiger partial charge is 0.456 e. The highest BCUT2D eigenvalue weighted by atomic mass is 31.2. The number of nitrogens with zero attached hydrogens (tertiary/aromatic N) is 1. The van der Waals surface area contributed by atoms with E-state index >= 15 is 0 Å². The monoisotopic (exact) mass is 1130 g/mol. The molecule has 10 heteroatoms. The lowest BCUT2D eigenvalue weighted by Crippen LogP contribution is -2.47. The minimum atomic E-state index is -4.45. The van der Waals surface area contributed by atoms with E-state index in [1.54, 1.807) is 0 Å². The van der Waals surface area contributed by atoms with Gasteiger partial charge in [0.25, 0.3) is 0 Å². The number of rotatable bonds is 63. The predicted octanol–water partition coefficient (Wildman–Crippen LogP) is 21.5. The number of likely N-dealkylation sites (N-methyl/N-ethyl adjacent to an activating group) is 1. The van der Waals surface area contributed by atoms with Crippen molar-refractivity contribution in [1.29, 1.82) is 0 Å².